The minimum atomic E-state index is -0.621. The largest absolute Gasteiger partial charge is 0.479 e. The number of carbonyl (C=O) groups excluding carboxylic acids is 3. The van der Waals surface area contributed by atoms with Gasteiger partial charge in [0.25, 0.3) is 5.91 Å². The highest BCUT2D eigenvalue weighted by Crippen LogP contribution is 2.38. The normalized spacial score (nSPS) is 22.4. The average Bonchev–Trinajstić information content (AvgIpc) is 3.34. The Kier molecular flexibility index (Phi) is 4.42. The van der Waals surface area contributed by atoms with Crippen molar-refractivity contribution in [3.8, 4) is 5.75 Å². The first-order valence-electron chi connectivity index (χ1n) is 8.79. The quantitative estimate of drug-likeness (QED) is 0.788. The van der Waals surface area contributed by atoms with E-state index in [-0.39, 0.29) is 12.5 Å². The first kappa shape index (κ1) is 17.9. The third kappa shape index (κ3) is 2.94. The third-order valence-electron chi connectivity index (χ3n) is 4.90. The Morgan fingerprint density at radius 1 is 1.25 bits per heavy atom. The van der Waals surface area contributed by atoms with Crippen molar-refractivity contribution < 1.29 is 28.3 Å². The number of anilines is 2. The van der Waals surface area contributed by atoms with Crippen molar-refractivity contribution in [3.05, 3.63) is 42.4 Å². The van der Waals surface area contributed by atoms with Crippen molar-refractivity contribution in [1.82, 2.24) is 5.32 Å². The van der Waals surface area contributed by atoms with Gasteiger partial charge in [0.1, 0.15) is 23.7 Å². The van der Waals surface area contributed by atoms with Crippen molar-refractivity contribution in [1.29, 1.82) is 0 Å². The van der Waals surface area contributed by atoms with Gasteiger partial charge in [-0.3, -0.25) is 14.5 Å². The standard InChI is InChI=1S/C19H19N3O6/c1-11-18(24)21(2)13-6-5-12(8-15(13)27-11)22-9-16(28-19(22)25)17(20-10-23)14-4-3-7-26-14/h3-8,10-11,16-17H,9H2,1-2H3,(H,20,23)/t11?,16-,17?/m0/s1. The molecule has 3 atom stereocenters. The molecule has 0 aliphatic carbocycles. The van der Waals surface area contributed by atoms with Crippen molar-refractivity contribution in [2.75, 3.05) is 23.4 Å². The van der Waals surface area contributed by atoms with E-state index >= 15 is 0 Å². The number of rotatable bonds is 5. The highest BCUT2D eigenvalue weighted by molar-refractivity contribution is 6.00. The summed E-state index contributed by atoms with van der Waals surface area (Å²) in [6.07, 6.45) is 0.269. The summed E-state index contributed by atoms with van der Waals surface area (Å²) in [4.78, 5) is 38.5. The van der Waals surface area contributed by atoms with Gasteiger partial charge in [0.15, 0.2) is 6.10 Å². The number of amides is 3. The fraction of sp³-hybridized carbons (Fsp3) is 0.316. The Morgan fingerprint density at radius 3 is 2.79 bits per heavy atom. The van der Waals surface area contributed by atoms with E-state index in [1.165, 1.54) is 16.1 Å². The molecule has 4 rings (SSSR count). The number of hydrogen-bond acceptors (Lipinski definition) is 6. The molecule has 2 aliphatic rings. The number of fused-ring (bicyclic) bond motifs is 1. The van der Waals surface area contributed by atoms with Crippen LogP contribution in [0.5, 0.6) is 5.75 Å². The van der Waals surface area contributed by atoms with Gasteiger partial charge in [-0.2, -0.15) is 0 Å². The molecule has 1 saturated heterocycles. The number of nitrogens with one attached hydrogen (secondary N) is 1. The number of benzene rings is 1. The van der Waals surface area contributed by atoms with Crippen LogP contribution in [0.25, 0.3) is 0 Å². The van der Waals surface area contributed by atoms with Crippen molar-refractivity contribution in [3.63, 3.8) is 0 Å². The number of furan rings is 1. The van der Waals surface area contributed by atoms with Crippen molar-refractivity contribution in [2.45, 2.75) is 25.2 Å². The van der Waals surface area contributed by atoms with E-state index < -0.39 is 24.3 Å². The average molecular weight is 385 g/mol. The van der Waals surface area contributed by atoms with Crippen LogP contribution in [0.3, 0.4) is 0 Å². The first-order chi connectivity index (χ1) is 13.5. The van der Waals surface area contributed by atoms with E-state index in [2.05, 4.69) is 5.32 Å². The van der Waals surface area contributed by atoms with Crippen LogP contribution in [0.4, 0.5) is 16.2 Å². The van der Waals surface area contributed by atoms with Crippen LogP contribution < -0.4 is 19.9 Å². The molecule has 2 aliphatic heterocycles. The molecule has 2 aromatic rings. The van der Waals surface area contributed by atoms with Gasteiger partial charge < -0.3 is 24.1 Å². The Labute approximate surface area is 160 Å². The lowest BCUT2D eigenvalue weighted by atomic mass is 10.1. The van der Waals surface area contributed by atoms with Gasteiger partial charge in [-0.1, -0.05) is 0 Å². The molecule has 0 radical (unpaired) electrons. The molecule has 0 saturated carbocycles. The molecule has 146 valence electrons. The summed E-state index contributed by atoms with van der Waals surface area (Å²) in [5.74, 6) is 0.869. The lowest BCUT2D eigenvalue weighted by Gasteiger charge is -2.31. The van der Waals surface area contributed by atoms with Crippen LogP contribution in [0.1, 0.15) is 18.7 Å². The van der Waals surface area contributed by atoms with Gasteiger partial charge in [0, 0.05) is 13.1 Å². The zero-order chi connectivity index (χ0) is 19.8. The molecule has 0 bridgehead atoms. The van der Waals surface area contributed by atoms with E-state index in [0.717, 1.165) is 0 Å². The molecule has 1 fully saturated rings. The fourth-order valence-corrected chi connectivity index (χ4v) is 3.46. The number of nitrogens with zero attached hydrogens (tertiary/aromatic N) is 2. The smallest absolute Gasteiger partial charge is 0.414 e. The molecule has 9 nitrogen and oxygen atoms in total. The molecule has 1 N–H and O–H groups in total. The molecular weight excluding hydrogens is 366 g/mol. The number of carbonyl (C=O) groups is 3. The Bertz CT molecular complexity index is 912. The molecule has 9 heteroatoms. The number of likely N-dealkylation sites (N-methyl/N-ethyl adjacent to an activating group) is 1. The van der Waals surface area contributed by atoms with E-state index in [4.69, 9.17) is 13.9 Å². The van der Waals surface area contributed by atoms with Crippen LogP contribution in [-0.2, 0) is 14.3 Å². The van der Waals surface area contributed by atoms with E-state index in [1.54, 1.807) is 44.3 Å². The lowest BCUT2D eigenvalue weighted by molar-refractivity contribution is -0.125. The van der Waals surface area contributed by atoms with Gasteiger partial charge in [-0.15, -0.1) is 0 Å². The zero-order valence-corrected chi connectivity index (χ0v) is 15.3. The predicted molar refractivity (Wildman–Crippen MR) is 98.2 cm³/mol. The highest BCUT2D eigenvalue weighted by atomic mass is 16.6. The second kappa shape index (κ2) is 6.91. The molecule has 3 amide bonds. The lowest BCUT2D eigenvalue weighted by Crippen LogP contribution is -2.42. The summed E-state index contributed by atoms with van der Waals surface area (Å²) < 4.78 is 16.5. The molecular formula is C19H19N3O6. The maximum Gasteiger partial charge on any atom is 0.414 e. The monoisotopic (exact) mass is 385 g/mol. The van der Waals surface area contributed by atoms with Crippen LogP contribution in [0, 0.1) is 0 Å². The molecule has 3 heterocycles. The van der Waals surface area contributed by atoms with Gasteiger partial charge in [-0.25, -0.2) is 4.79 Å². The summed E-state index contributed by atoms with van der Waals surface area (Å²) in [6, 6.07) is 7.96. The van der Waals surface area contributed by atoms with Gasteiger partial charge >= 0.3 is 6.09 Å². The summed E-state index contributed by atoms with van der Waals surface area (Å²) in [7, 11) is 1.68. The van der Waals surface area contributed by atoms with Crippen LogP contribution >= 0.6 is 0 Å². The minimum Gasteiger partial charge on any atom is -0.479 e. The van der Waals surface area contributed by atoms with E-state index in [0.29, 0.717) is 29.3 Å². The van der Waals surface area contributed by atoms with Gasteiger partial charge in [0.05, 0.1) is 24.2 Å². The van der Waals surface area contributed by atoms with E-state index in [9.17, 15) is 14.4 Å². The summed E-state index contributed by atoms with van der Waals surface area (Å²) >= 11 is 0. The second-order valence-electron chi connectivity index (χ2n) is 6.62. The fourth-order valence-electron chi connectivity index (χ4n) is 3.46. The summed E-state index contributed by atoms with van der Waals surface area (Å²) in [5.41, 5.74) is 1.21. The van der Waals surface area contributed by atoms with E-state index in [1.807, 2.05) is 0 Å². The van der Waals surface area contributed by atoms with Crippen LogP contribution in [0.2, 0.25) is 0 Å². The molecule has 1 aromatic heterocycles. The number of cyclic esters (lactones) is 1. The third-order valence-corrected chi connectivity index (χ3v) is 4.90. The zero-order valence-electron chi connectivity index (χ0n) is 15.3. The van der Waals surface area contributed by atoms with Crippen molar-refractivity contribution >= 4 is 29.8 Å². The van der Waals surface area contributed by atoms with Crippen molar-refractivity contribution in [2.24, 2.45) is 0 Å². The highest BCUT2D eigenvalue weighted by Gasteiger charge is 2.40. The maximum atomic E-state index is 12.5. The van der Waals surface area contributed by atoms with Gasteiger partial charge in [-0.05, 0) is 31.2 Å². The van der Waals surface area contributed by atoms with Crippen LogP contribution in [-0.4, -0.2) is 44.2 Å². The maximum absolute atomic E-state index is 12.5. The first-order valence-corrected chi connectivity index (χ1v) is 8.79. The van der Waals surface area contributed by atoms with Crippen LogP contribution in [0.15, 0.2) is 41.0 Å². The molecule has 0 spiro atoms. The predicted octanol–water partition coefficient (Wildman–Crippen LogP) is 1.84. The summed E-state index contributed by atoms with van der Waals surface area (Å²) in [6.45, 7) is 1.89. The topological polar surface area (TPSA) is 101 Å². The van der Waals surface area contributed by atoms with Gasteiger partial charge in [0.2, 0.25) is 6.41 Å². The minimum absolute atomic E-state index is 0.137. The SMILES string of the molecule is CC1Oc2cc(N3C[C@@H](C(NC=O)c4ccco4)OC3=O)ccc2N(C)C1=O. The molecule has 28 heavy (non-hydrogen) atoms. The number of hydrogen-bond donors (Lipinski definition) is 1. The summed E-state index contributed by atoms with van der Waals surface area (Å²) in [5, 5.41) is 2.64. The second-order valence-corrected chi connectivity index (χ2v) is 6.62. The molecule has 2 unspecified atom stereocenters. The Morgan fingerprint density at radius 2 is 2.07 bits per heavy atom. The Balaban J connectivity index is 1.59. The number of ether oxygens (including phenoxy) is 2. The molecule has 1 aromatic carbocycles. The Hall–Kier alpha value is -3.49.